The molecule has 0 unspecified atom stereocenters. The fraction of sp³-hybridized carbons (Fsp3) is 0.310. The Morgan fingerprint density at radius 1 is 1.02 bits per heavy atom. The molecule has 6 nitrogen and oxygen atoms in total. The van der Waals surface area contributed by atoms with Gasteiger partial charge in [0.2, 0.25) is 0 Å². The molecule has 0 bridgehead atoms. The van der Waals surface area contributed by atoms with E-state index in [2.05, 4.69) is 4.98 Å². The Balaban J connectivity index is 1.51. The standard InChI is InChI=1S/C29H24F6N4O2S/c1-17-23(8-5-19(16-36)24(17)29(33,34)35)39-25(40)27(2,3)38(26(39)42)13-4-14-41-20-6-7-21(18-9-11-37-12-10-18)22(15-20)28(30,31)32/h5-12,15H,4,13-14H2,1-3H3. The van der Waals surface area contributed by atoms with Crippen LogP contribution in [-0.4, -0.2) is 39.6 Å². The SMILES string of the molecule is Cc1c(N2C(=O)C(C)(C)N(CCCOc3ccc(-c4ccncc4)c(C(F)(F)F)c3)C2=S)ccc(C#N)c1C(F)(F)F. The van der Waals surface area contributed by atoms with Gasteiger partial charge in [-0.25, -0.2) is 0 Å². The fourth-order valence-electron chi connectivity index (χ4n) is 4.87. The molecule has 220 valence electrons. The molecule has 4 rings (SSSR count). The van der Waals surface area contributed by atoms with E-state index in [0.717, 1.165) is 17.0 Å². The molecule has 13 heteroatoms. The smallest absolute Gasteiger partial charge is 0.418 e. The van der Waals surface area contributed by atoms with Gasteiger partial charge < -0.3 is 9.64 Å². The number of pyridine rings is 1. The van der Waals surface area contributed by atoms with Crippen LogP contribution >= 0.6 is 12.2 Å². The van der Waals surface area contributed by atoms with Gasteiger partial charge in [0.1, 0.15) is 11.3 Å². The van der Waals surface area contributed by atoms with Crippen molar-refractivity contribution >= 4 is 28.9 Å². The normalized spacial score (nSPS) is 15.2. The monoisotopic (exact) mass is 606 g/mol. The summed E-state index contributed by atoms with van der Waals surface area (Å²) in [5.74, 6) is -0.565. The largest absolute Gasteiger partial charge is 0.494 e. The molecule has 0 radical (unpaired) electrons. The summed E-state index contributed by atoms with van der Waals surface area (Å²) in [5.41, 5.74) is -3.88. The molecule has 0 aliphatic carbocycles. The van der Waals surface area contributed by atoms with Crippen LogP contribution in [0.15, 0.2) is 54.9 Å². The average molecular weight is 607 g/mol. The van der Waals surface area contributed by atoms with Crippen molar-refractivity contribution in [3.63, 3.8) is 0 Å². The number of hydrogen-bond acceptors (Lipinski definition) is 5. The van der Waals surface area contributed by atoms with Crippen LogP contribution in [0, 0.1) is 18.3 Å². The molecule has 1 amide bonds. The Labute approximate surface area is 243 Å². The molecule has 0 saturated carbocycles. The molecule has 1 saturated heterocycles. The molecule has 2 aromatic carbocycles. The maximum absolute atomic E-state index is 13.8. The lowest BCUT2D eigenvalue weighted by atomic mass is 9.98. The van der Waals surface area contributed by atoms with E-state index in [1.54, 1.807) is 13.8 Å². The van der Waals surface area contributed by atoms with Crippen LogP contribution in [0.3, 0.4) is 0 Å². The second kappa shape index (κ2) is 11.2. The number of carbonyl (C=O) groups excluding carboxylic acids is 1. The zero-order chi connectivity index (χ0) is 31.0. The maximum atomic E-state index is 13.8. The molecule has 1 aromatic heterocycles. The Hall–Kier alpha value is -4.18. The Kier molecular flexibility index (Phi) is 8.24. The fourth-order valence-corrected chi connectivity index (χ4v) is 5.37. The first-order valence-electron chi connectivity index (χ1n) is 12.6. The minimum absolute atomic E-state index is 0.00557. The molecule has 0 atom stereocenters. The number of nitrogens with zero attached hydrogens (tertiary/aromatic N) is 4. The van der Waals surface area contributed by atoms with E-state index in [9.17, 15) is 36.4 Å². The lowest BCUT2D eigenvalue weighted by Gasteiger charge is -2.29. The van der Waals surface area contributed by atoms with Crippen molar-refractivity contribution in [1.82, 2.24) is 9.88 Å². The number of rotatable bonds is 7. The van der Waals surface area contributed by atoms with Crippen LogP contribution in [0.2, 0.25) is 0 Å². The Bertz CT molecular complexity index is 1570. The zero-order valence-corrected chi connectivity index (χ0v) is 23.4. The maximum Gasteiger partial charge on any atom is 0.418 e. The number of thiocarbonyl (C=S) groups is 1. The molecule has 0 N–H and O–H groups in total. The number of carbonyl (C=O) groups is 1. The quantitative estimate of drug-likeness (QED) is 0.162. The third kappa shape index (κ3) is 5.76. The van der Waals surface area contributed by atoms with Crippen molar-refractivity contribution in [1.29, 1.82) is 5.26 Å². The van der Waals surface area contributed by atoms with Crippen molar-refractivity contribution in [2.75, 3.05) is 18.1 Å². The summed E-state index contributed by atoms with van der Waals surface area (Å²) < 4.78 is 88.3. The van der Waals surface area contributed by atoms with E-state index in [-0.39, 0.29) is 47.2 Å². The minimum atomic E-state index is -4.83. The van der Waals surface area contributed by atoms with E-state index >= 15 is 0 Å². The van der Waals surface area contributed by atoms with Crippen molar-refractivity contribution < 1.29 is 35.9 Å². The van der Waals surface area contributed by atoms with Gasteiger partial charge in [0.05, 0.1) is 35.1 Å². The Morgan fingerprint density at radius 3 is 2.29 bits per heavy atom. The van der Waals surface area contributed by atoms with E-state index in [1.165, 1.54) is 60.6 Å². The van der Waals surface area contributed by atoms with E-state index in [4.69, 9.17) is 17.0 Å². The summed E-state index contributed by atoms with van der Waals surface area (Å²) in [5, 5.41) is 9.15. The molecule has 2 heterocycles. The average Bonchev–Trinajstić information content (AvgIpc) is 3.08. The van der Waals surface area contributed by atoms with Gasteiger partial charge in [-0.15, -0.1) is 0 Å². The number of nitriles is 1. The predicted molar refractivity (Wildman–Crippen MR) is 147 cm³/mol. The number of anilines is 1. The van der Waals surface area contributed by atoms with Crippen LogP contribution in [0.1, 0.15) is 42.5 Å². The van der Waals surface area contributed by atoms with Gasteiger partial charge in [-0.1, -0.05) is 6.07 Å². The number of halogens is 6. The molecular formula is C29H24F6N4O2S. The highest BCUT2D eigenvalue weighted by molar-refractivity contribution is 7.80. The predicted octanol–water partition coefficient (Wildman–Crippen LogP) is 7.15. The lowest BCUT2D eigenvalue weighted by Crippen LogP contribution is -2.44. The van der Waals surface area contributed by atoms with Gasteiger partial charge in [-0.2, -0.15) is 31.6 Å². The summed E-state index contributed by atoms with van der Waals surface area (Å²) in [4.78, 5) is 19.7. The molecule has 1 aliphatic rings. The molecule has 1 fully saturated rings. The first-order chi connectivity index (χ1) is 19.6. The van der Waals surface area contributed by atoms with Gasteiger partial charge >= 0.3 is 12.4 Å². The molecule has 0 spiro atoms. The molecular weight excluding hydrogens is 582 g/mol. The van der Waals surface area contributed by atoms with Crippen LogP contribution in [0.5, 0.6) is 5.75 Å². The summed E-state index contributed by atoms with van der Waals surface area (Å²) in [6.45, 7) is 4.42. The molecule has 1 aliphatic heterocycles. The zero-order valence-electron chi connectivity index (χ0n) is 22.6. The number of amides is 1. The van der Waals surface area contributed by atoms with Gasteiger partial charge in [-0.3, -0.25) is 14.7 Å². The van der Waals surface area contributed by atoms with Crippen LogP contribution in [0.25, 0.3) is 11.1 Å². The first kappa shape index (κ1) is 30.8. The van der Waals surface area contributed by atoms with Crippen LogP contribution < -0.4 is 9.64 Å². The van der Waals surface area contributed by atoms with Crippen molar-refractivity contribution in [3.05, 3.63) is 77.1 Å². The van der Waals surface area contributed by atoms with Crippen molar-refractivity contribution in [2.45, 2.75) is 45.1 Å². The van der Waals surface area contributed by atoms with Crippen molar-refractivity contribution in [2.24, 2.45) is 0 Å². The number of alkyl halides is 6. The number of ether oxygens (including phenoxy) is 1. The summed E-state index contributed by atoms with van der Waals surface area (Å²) in [6, 6.07) is 10.4. The third-order valence-corrected chi connectivity index (χ3v) is 7.39. The Morgan fingerprint density at radius 2 is 1.69 bits per heavy atom. The van der Waals surface area contributed by atoms with Gasteiger partial charge in [0.25, 0.3) is 5.91 Å². The van der Waals surface area contributed by atoms with Crippen molar-refractivity contribution in [3.8, 4) is 22.9 Å². The lowest BCUT2D eigenvalue weighted by molar-refractivity contribution is -0.138. The summed E-state index contributed by atoms with van der Waals surface area (Å²) in [7, 11) is 0. The highest BCUT2D eigenvalue weighted by atomic mass is 32.1. The van der Waals surface area contributed by atoms with Gasteiger partial charge in [0, 0.05) is 18.9 Å². The highest BCUT2D eigenvalue weighted by Crippen LogP contribution is 2.42. The second-order valence-electron chi connectivity index (χ2n) is 10.0. The number of aromatic nitrogens is 1. The first-order valence-corrected chi connectivity index (χ1v) is 13.0. The number of benzene rings is 2. The summed E-state index contributed by atoms with van der Waals surface area (Å²) in [6.07, 6.45) is -6.44. The minimum Gasteiger partial charge on any atom is -0.494 e. The van der Waals surface area contributed by atoms with E-state index in [0.29, 0.717) is 5.56 Å². The van der Waals surface area contributed by atoms with Gasteiger partial charge in [0.15, 0.2) is 5.11 Å². The van der Waals surface area contributed by atoms with Gasteiger partial charge in [-0.05, 0) is 92.5 Å². The molecule has 42 heavy (non-hydrogen) atoms. The van der Waals surface area contributed by atoms with Crippen LogP contribution in [0.4, 0.5) is 32.0 Å². The highest BCUT2D eigenvalue weighted by Gasteiger charge is 2.50. The van der Waals surface area contributed by atoms with E-state index < -0.39 is 40.5 Å². The van der Waals surface area contributed by atoms with Crippen LogP contribution in [-0.2, 0) is 17.1 Å². The number of hydrogen-bond donors (Lipinski definition) is 0. The second-order valence-corrected chi connectivity index (χ2v) is 10.4. The topological polar surface area (TPSA) is 69.5 Å². The molecule has 3 aromatic rings. The summed E-state index contributed by atoms with van der Waals surface area (Å²) >= 11 is 5.50. The van der Waals surface area contributed by atoms with E-state index in [1.807, 2.05) is 0 Å². The third-order valence-electron chi connectivity index (χ3n) is 6.99.